The molecule has 0 amide bonds. The highest BCUT2D eigenvalue weighted by Crippen LogP contribution is 2.35. The highest BCUT2D eigenvalue weighted by Gasteiger charge is 2.36. The first-order valence-electron chi connectivity index (χ1n) is 9.88. The molecule has 5 nitrogen and oxygen atoms in total. The van der Waals surface area contributed by atoms with Crippen molar-refractivity contribution in [3.63, 3.8) is 0 Å². The number of aromatic nitrogens is 1. The van der Waals surface area contributed by atoms with Gasteiger partial charge in [0.25, 0.3) is 5.56 Å². The summed E-state index contributed by atoms with van der Waals surface area (Å²) in [5.74, 6) is 0.450. The molecule has 1 aromatic carbocycles. The molecule has 2 aliphatic rings. The van der Waals surface area contributed by atoms with Crippen LogP contribution in [0.3, 0.4) is 0 Å². The third-order valence-electron chi connectivity index (χ3n) is 5.71. The Balaban J connectivity index is 1.73. The van der Waals surface area contributed by atoms with Crippen LogP contribution in [0, 0.1) is 5.92 Å². The summed E-state index contributed by atoms with van der Waals surface area (Å²) in [5, 5.41) is 9.03. The fraction of sp³-hybridized carbons (Fsp3) is 0.409. The summed E-state index contributed by atoms with van der Waals surface area (Å²) < 4.78 is 24.9. The SMILES string of the molecule is O=c1[nH]c(/C(=C/C2CCCC2)c2ccc(S(=O)(=O)C3CC3)cc2)ccc1CO. The Bertz CT molecular complexity index is 1040. The van der Waals surface area contributed by atoms with Gasteiger partial charge in [0, 0.05) is 16.8 Å². The van der Waals surface area contributed by atoms with E-state index >= 15 is 0 Å². The lowest BCUT2D eigenvalue weighted by molar-refractivity contribution is 0.280. The number of hydrogen-bond acceptors (Lipinski definition) is 4. The number of benzene rings is 1. The van der Waals surface area contributed by atoms with Crippen LogP contribution in [0.2, 0.25) is 0 Å². The van der Waals surface area contributed by atoms with E-state index in [1.165, 1.54) is 12.8 Å². The molecular weight excluding hydrogens is 374 g/mol. The Hall–Kier alpha value is -2.18. The molecule has 0 aliphatic heterocycles. The predicted molar refractivity (Wildman–Crippen MR) is 109 cm³/mol. The van der Waals surface area contributed by atoms with Crippen LogP contribution in [0.1, 0.15) is 55.3 Å². The van der Waals surface area contributed by atoms with Gasteiger partial charge in [-0.25, -0.2) is 8.42 Å². The molecule has 2 N–H and O–H groups in total. The maximum absolute atomic E-state index is 12.5. The van der Waals surface area contributed by atoms with E-state index in [0.29, 0.717) is 22.1 Å². The minimum Gasteiger partial charge on any atom is -0.391 e. The zero-order chi connectivity index (χ0) is 19.7. The number of sulfone groups is 1. The molecule has 4 rings (SSSR count). The third kappa shape index (κ3) is 3.84. The van der Waals surface area contributed by atoms with E-state index in [1.807, 2.05) is 18.2 Å². The van der Waals surface area contributed by atoms with Crippen molar-refractivity contribution in [3.05, 3.63) is 69.6 Å². The van der Waals surface area contributed by atoms with E-state index in [2.05, 4.69) is 11.1 Å². The Labute approximate surface area is 165 Å². The van der Waals surface area contributed by atoms with Crippen molar-refractivity contribution in [2.45, 2.75) is 55.3 Å². The number of allylic oxidation sites excluding steroid dienone is 1. The van der Waals surface area contributed by atoms with Crippen LogP contribution in [-0.2, 0) is 16.4 Å². The van der Waals surface area contributed by atoms with Gasteiger partial charge in [0.15, 0.2) is 9.84 Å². The maximum atomic E-state index is 12.5. The Morgan fingerprint density at radius 1 is 1.04 bits per heavy atom. The van der Waals surface area contributed by atoms with Gasteiger partial charge in [0.1, 0.15) is 0 Å². The second-order valence-corrected chi connectivity index (χ2v) is 10.0. The molecule has 2 aromatic rings. The Morgan fingerprint density at radius 3 is 2.29 bits per heavy atom. The second-order valence-electron chi connectivity index (χ2n) is 7.78. The number of nitrogens with one attached hydrogen (secondary N) is 1. The van der Waals surface area contributed by atoms with E-state index in [4.69, 9.17) is 0 Å². The Morgan fingerprint density at radius 2 is 1.71 bits per heavy atom. The molecule has 1 heterocycles. The summed E-state index contributed by atoms with van der Waals surface area (Å²) in [4.78, 5) is 15.4. The van der Waals surface area contributed by atoms with Crippen molar-refractivity contribution in [1.82, 2.24) is 4.98 Å². The lowest BCUT2D eigenvalue weighted by Gasteiger charge is -2.13. The molecule has 1 aromatic heterocycles. The van der Waals surface area contributed by atoms with Gasteiger partial charge in [-0.2, -0.15) is 0 Å². The number of aliphatic hydroxyl groups is 1. The smallest absolute Gasteiger partial charge is 0.253 e. The summed E-state index contributed by atoms with van der Waals surface area (Å²) in [6.07, 6.45) is 8.33. The first-order chi connectivity index (χ1) is 13.5. The standard InChI is InChI=1S/C22H25NO4S/c24-14-17-7-12-21(23-22(17)25)20(13-15-3-1-2-4-15)16-5-8-18(9-6-16)28(26,27)19-10-11-19/h5-9,12-13,15,19,24H,1-4,10-11,14H2,(H,23,25)/b20-13+. The van der Waals surface area contributed by atoms with Crippen LogP contribution < -0.4 is 5.56 Å². The molecule has 0 atom stereocenters. The fourth-order valence-corrected chi connectivity index (χ4v) is 5.54. The average molecular weight is 400 g/mol. The van der Waals surface area contributed by atoms with Crippen LogP contribution >= 0.6 is 0 Å². The van der Waals surface area contributed by atoms with Crippen LogP contribution in [0.25, 0.3) is 5.57 Å². The van der Waals surface area contributed by atoms with Gasteiger partial charge in [0.2, 0.25) is 0 Å². The van der Waals surface area contributed by atoms with Crippen molar-refractivity contribution < 1.29 is 13.5 Å². The molecule has 0 radical (unpaired) electrons. The van der Waals surface area contributed by atoms with Crippen LogP contribution in [-0.4, -0.2) is 23.8 Å². The third-order valence-corrected chi connectivity index (χ3v) is 7.99. The molecule has 0 bridgehead atoms. The van der Waals surface area contributed by atoms with Gasteiger partial charge < -0.3 is 10.1 Å². The van der Waals surface area contributed by atoms with Gasteiger partial charge in [0.05, 0.1) is 16.8 Å². The summed E-state index contributed by atoms with van der Waals surface area (Å²) in [6.45, 7) is -0.301. The number of pyridine rings is 1. The van der Waals surface area contributed by atoms with Crippen molar-refractivity contribution in [1.29, 1.82) is 0 Å². The van der Waals surface area contributed by atoms with E-state index in [0.717, 1.165) is 36.8 Å². The molecule has 2 fully saturated rings. The largest absolute Gasteiger partial charge is 0.391 e. The summed E-state index contributed by atoms with van der Waals surface area (Å²) in [5.41, 5.74) is 2.50. The van der Waals surface area contributed by atoms with Gasteiger partial charge in [-0.15, -0.1) is 0 Å². The van der Waals surface area contributed by atoms with Crippen molar-refractivity contribution >= 4 is 15.4 Å². The van der Waals surface area contributed by atoms with Crippen molar-refractivity contribution in [3.8, 4) is 0 Å². The maximum Gasteiger partial charge on any atom is 0.253 e. The zero-order valence-electron chi connectivity index (χ0n) is 15.7. The second kappa shape index (κ2) is 7.68. The Kier molecular flexibility index (Phi) is 5.25. The molecule has 148 valence electrons. The first kappa shape index (κ1) is 19.2. The fourth-order valence-electron chi connectivity index (χ4n) is 3.88. The molecule has 0 unspecified atom stereocenters. The van der Waals surface area contributed by atoms with E-state index in [1.54, 1.807) is 18.2 Å². The molecule has 2 saturated carbocycles. The van der Waals surface area contributed by atoms with Crippen LogP contribution in [0.4, 0.5) is 0 Å². The lowest BCUT2D eigenvalue weighted by Crippen LogP contribution is -2.14. The molecule has 0 spiro atoms. The average Bonchev–Trinajstić information content (AvgIpc) is 3.44. The summed E-state index contributed by atoms with van der Waals surface area (Å²) in [6, 6.07) is 10.4. The molecule has 2 aliphatic carbocycles. The van der Waals surface area contributed by atoms with Gasteiger partial charge in [-0.05, 0) is 61.4 Å². The minimum absolute atomic E-state index is 0.228. The lowest BCUT2D eigenvalue weighted by atomic mass is 9.96. The van der Waals surface area contributed by atoms with Crippen LogP contribution in [0.5, 0.6) is 0 Å². The number of rotatable bonds is 6. The van der Waals surface area contributed by atoms with Crippen LogP contribution in [0.15, 0.2) is 52.2 Å². The summed E-state index contributed by atoms with van der Waals surface area (Å²) in [7, 11) is -3.22. The first-order valence-corrected chi connectivity index (χ1v) is 11.4. The molecular formula is C22H25NO4S. The summed E-state index contributed by atoms with van der Waals surface area (Å²) >= 11 is 0. The van der Waals surface area contributed by atoms with Gasteiger partial charge >= 0.3 is 0 Å². The quantitative estimate of drug-likeness (QED) is 0.779. The van der Waals surface area contributed by atoms with Crippen molar-refractivity contribution in [2.75, 3.05) is 0 Å². The van der Waals surface area contributed by atoms with E-state index in [-0.39, 0.29) is 17.4 Å². The predicted octanol–water partition coefficient (Wildman–Crippen LogP) is 3.43. The number of hydrogen-bond donors (Lipinski definition) is 2. The molecule has 28 heavy (non-hydrogen) atoms. The highest BCUT2D eigenvalue weighted by molar-refractivity contribution is 7.92. The highest BCUT2D eigenvalue weighted by atomic mass is 32.2. The number of aromatic amines is 1. The van der Waals surface area contributed by atoms with E-state index in [9.17, 15) is 18.3 Å². The monoisotopic (exact) mass is 399 g/mol. The van der Waals surface area contributed by atoms with Gasteiger partial charge in [-0.1, -0.05) is 31.1 Å². The molecule has 0 saturated heterocycles. The normalized spacial score (nSPS) is 18.5. The zero-order valence-corrected chi connectivity index (χ0v) is 16.5. The minimum atomic E-state index is -3.22. The van der Waals surface area contributed by atoms with E-state index < -0.39 is 9.84 Å². The molecule has 6 heteroatoms. The van der Waals surface area contributed by atoms with Gasteiger partial charge in [-0.3, -0.25) is 4.79 Å². The number of aliphatic hydroxyl groups excluding tert-OH is 1. The topological polar surface area (TPSA) is 87.2 Å². The van der Waals surface area contributed by atoms with Crippen molar-refractivity contribution in [2.24, 2.45) is 5.92 Å². The number of H-pyrrole nitrogens is 1.